The highest BCUT2D eigenvalue weighted by atomic mass is 16.5. The van der Waals surface area contributed by atoms with Gasteiger partial charge in [-0.3, -0.25) is 9.48 Å². The minimum Gasteiger partial charge on any atom is -0.497 e. The van der Waals surface area contributed by atoms with Crippen molar-refractivity contribution in [2.45, 2.75) is 6.54 Å². The second-order valence-corrected chi connectivity index (χ2v) is 7.61. The topological polar surface area (TPSA) is 86.9 Å². The molecule has 168 valence electrons. The molecular formula is C26H22N6O2. The summed E-state index contributed by atoms with van der Waals surface area (Å²) in [7, 11) is 1.62. The zero-order chi connectivity index (χ0) is 23.3. The molecule has 0 bridgehead atoms. The summed E-state index contributed by atoms with van der Waals surface area (Å²) < 4.78 is 8.70. The first kappa shape index (κ1) is 21.1. The Morgan fingerprint density at radius 1 is 1.00 bits per heavy atom. The molecule has 8 nitrogen and oxygen atoms in total. The van der Waals surface area contributed by atoms with Crippen LogP contribution in [0.1, 0.15) is 15.9 Å². The van der Waals surface area contributed by atoms with Crippen LogP contribution in [-0.2, 0) is 6.54 Å². The molecule has 0 aliphatic heterocycles. The van der Waals surface area contributed by atoms with Crippen molar-refractivity contribution in [2.24, 2.45) is 0 Å². The van der Waals surface area contributed by atoms with Crippen molar-refractivity contribution < 1.29 is 9.53 Å². The first-order valence-corrected chi connectivity index (χ1v) is 10.7. The van der Waals surface area contributed by atoms with Crippen molar-refractivity contribution >= 4 is 11.6 Å². The normalized spacial score (nSPS) is 10.7. The number of carbonyl (C=O) groups excluding carboxylic acids is 1. The van der Waals surface area contributed by atoms with Crippen molar-refractivity contribution in [3.05, 3.63) is 109 Å². The van der Waals surface area contributed by atoms with Crippen molar-refractivity contribution in [1.29, 1.82) is 0 Å². The number of pyridine rings is 1. The molecular weight excluding hydrogens is 428 g/mol. The summed E-state index contributed by atoms with van der Waals surface area (Å²) in [4.78, 5) is 17.7. The number of amides is 1. The fourth-order valence-electron chi connectivity index (χ4n) is 3.60. The number of nitrogens with zero attached hydrogens (tertiary/aromatic N) is 5. The van der Waals surface area contributed by atoms with Crippen LogP contribution in [0.3, 0.4) is 0 Å². The van der Waals surface area contributed by atoms with Crippen LogP contribution in [0.2, 0.25) is 0 Å². The van der Waals surface area contributed by atoms with Crippen molar-refractivity contribution in [1.82, 2.24) is 24.5 Å². The molecule has 5 rings (SSSR count). The molecule has 1 amide bonds. The van der Waals surface area contributed by atoms with Gasteiger partial charge in [0.2, 0.25) is 0 Å². The number of rotatable bonds is 7. The van der Waals surface area contributed by atoms with E-state index >= 15 is 0 Å². The van der Waals surface area contributed by atoms with Crippen molar-refractivity contribution in [3.63, 3.8) is 0 Å². The zero-order valence-corrected chi connectivity index (χ0v) is 18.5. The number of aromatic nitrogens is 5. The van der Waals surface area contributed by atoms with Gasteiger partial charge in [-0.15, -0.1) is 0 Å². The number of carbonyl (C=O) groups is 1. The zero-order valence-electron chi connectivity index (χ0n) is 18.5. The maximum Gasteiger partial charge on any atom is 0.259 e. The highest BCUT2D eigenvalue weighted by Crippen LogP contribution is 2.26. The average molecular weight is 451 g/mol. The first-order chi connectivity index (χ1) is 16.7. The SMILES string of the molecule is COc1ccc(-c2nn(Cc3ccccc3)cc2C(=O)Nc2ccc(-n3cccn3)nc2)cc1. The highest BCUT2D eigenvalue weighted by Gasteiger charge is 2.19. The van der Waals surface area contributed by atoms with Crippen LogP contribution < -0.4 is 10.1 Å². The maximum atomic E-state index is 13.3. The van der Waals surface area contributed by atoms with Crippen LogP contribution in [0.15, 0.2) is 97.6 Å². The van der Waals surface area contributed by atoms with Crippen molar-refractivity contribution in [3.8, 4) is 22.8 Å². The van der Waals surface area contributed by atoms with E-state index < -0.39 is 0 Å². The van der Waals surface area contributed by atoms with Gasteiger partial charge >= 0.3 is 0 Å². The van der Waals surface area contributed by atoms with Gasteiger partial charge in [0.25, 0.3) is 5.91 Å². The summed E-state index contributed by atoms with van der Waals surface area (Å²) >= 11 is 0. The van der Waals surface area contributed by atoms with Crippen LogP contribution in [0.25, 0.3) is 17.1 Å². The Labute approximate surface area is 196 Å². The quantitative estimate of drug-likeness (QED) is 0.396. The molecule has 0 fully saturated rings. The molecule has 1 N–H and O–H groups in total. The van der Waals surface area contributed by atoms with E-state index in [1.807, 2.05) is 66.9 Å². The molecule has 0 atom stereocenters. The Bertz CT molecular complexity index is 1380. The first-order valence-electron chi connectivity index (χ1n) is 10.7. The minimum absolute atomic E-state index is 0.265. The Balaban J connectivity index is 1.43. The van der Waals surface area contributed by atoms with Gasteiger partial charge in [-0.2, -0.15) is 10.2 Å². The average Bonchev–Trinajstić information content (AvgIpc) is 3.56. The molecule has 3 heterocycles. The summed E-state index contributed by atoms with van der Waals surface area (Å²) in [6.07, 6.45) is 6.87. The van der Waals surface area contributed by atoms with Gasteiger partial charge in [0.05, 0.1) is 31.1 Å². The molecule has 34 heavy (non-hydrogen) atoms. The molecule has 0 unspecified atom stereocenters. The summed E-state index contributed by atoms with van der Waals surface area (Å²) in [5.74, 6) is 1.14. The third-order valence-corrected chi connectivity index (χ3v) is 5.30. The molecule has 0 aliphatic rings. The molecule has 8 heteroatoms. The lowest BCUT2D eigenvalue weighted by Gasteiger charge is -2.07. The fraction of sp³-hybridized carbons (Fsp3) is 0.0769. The van der Waals surface area contributed by atoms with Gasteiger partial charge in [-0.05, 0) is 48.0 Å². The van der Waals surface area contributed by atoms with Gasteiger partial charge in [0, 0.05) is 24.2 Å². The lowest BCUT2D eigenvalue weighted by Crippen LogP contribution is -2.13. The van der Waals surface area contributed by atoms with E-state index in [-0.39, 0.29) is 5.91 Å². The van der Waals surface area contributed by atoms with Gasteiger partial charge in [0.15, 0.2) is 5.82 Å². The van der Waals surface area contributed by atoms with Gasteiger partial charge in [0.1, 0.15) is 11.4 Å². The lowest BCUT2D eigenvalue weighted by molar-refractivity contribution is 0.102. The van der Waals surface area contributed by atoms with Crippen LogP contribution in [-0.4, -0.2) is 37.6 Å². The smallest absolute Gasteiger partial charge is 0.259 e. The molecule has 0 spiro atoms. The molecule has 0 radical (unpaired) electrons. The summed E-state index contributed by atoms with van der Waals surface area (Å²) in [5, 5.41) is 11.8. The summed E-state index contributed by atoms with van der Waals surface area (Å²) in [5.41, 5.74) is 3.56. The maximum absolute atomic E-state index is 13.3. The van der Waals surface area contributed by atoms with Crippen LogP contribution in [0.4, 0.5) is 5.69 Å². The predicted octanol–water partition coefficient (Wildman–Crippen LogP) is 4.44. The van der Waals surface area contributed by atoms with Crippen LogP contribution in [0.5, 0.6) is 5.75 Å². The van der Waals surface area contributed by atoms with E-state index in [0.717, 1.165) is 16.9 Å². The Morgan fingerprint density at radius 3 is 2.50 bits per heavy atom. The van der Waals surface area contributed by atoms with E-state index in [9.17, 15) is 4.79 Å². The van der Waals surface area contributed by atoms with Gasteiger partial charge in [-0.1, -0.05) is 30.3 Å². The second kappa shape index (κ2) is 9.41. The number of ether oxygens (including phenoxy) is 1. The minimum atomic E-state index is -0.265. The van der Waals surface area contributed by atoms with E-state index in [1.165, 1.54) is 0 Å². The van der Waals surface area contributed by atoms with E-state index in [0.29, 0.717) is 29.3 Å². The second-order valence-electron chi connectivity index (χ2n) is 7.61. The Hall–Kier alpha value is -4.72. The highest BCUT2D eigenvalue weighted by molar-refractivity contribution is 6.08. The lowest BCUT2D eigenvalue weighted by atomic mass is 10.1. The number of benzene rings is 2. The fourth-order valence-corrected chi connectivity index (χ4v) is 3.60. The van der Waals surface area contributed by atoms with Crippen LogP contribution >= 0.6 is 0 Å². The summed E-state index contributed by atoms with van der Waals surface area (Å²) in [6.45, 7) is 0.553. The molecule has 2 aromatic carbocycles. The molecule has 0 saturated carbocycles. The summed E-state index contributed by atoms with van der Waals surface area (Å²) in [6, 6.07) is 22.9. The van der Waals surface area contributed by atoms with E-state index in [1.54, 1.807) is 47.2 Å². The van der Waals surface area contributed by atoms with Gasteiger partial charge < -0.3 is 10.1 Å². The molecule has 0 saturated heterocycles. The molecule has 3 aromatic heterocycles. The van der Waals surface area contributed by atoms with Crippen LogP contribution in [0, 0.1) is 0 Å². The van der Waals surface area contributed by atoms with Gasteiger partial charge in [-0.25, -0.2) is 9.67 Å². The predicted molar refractivity (Wildman–Crippen MR) is 129 cm³/mol. The Kier molecular flexibility index (Phi) is 5.85. The monoisotopic (exact) mass is 450 g/mol. The molecule has 0 aliphatic carbocycles. The number of hydrogen-bond acceptors (Lipinski definition) is 5. The number of methoxy groups -OCH3 is 1. The standard InChI is InChI=1S/C26H22N6O2/c1-34-22-11-8-20(9-12-22)25-23(18-31(30-25)17-19-6-3-2-4-7-19)26(33)29-21-10-13-24(27-16-21)32-15-5-14-28-32/h2-16,18H,17H2,1H3,(H,29,33). The van der Waals surface area contributed by atoms with E-state index in [2.05, 4.69) is 15.4 Å². The third kappa shape index (κ3) is 4.56. The Morgan fingerprint density at radius 2 is 1.82 bits per heavy atom. The third-order valence-electron chi connectivity index (χ3n) is 5.30. The van der Waals surface area contributed by atoms with Crippen molar-refractivity contribution in [2.75, 3.05) is 12.4 Å². The number of hydrogen-bond donors (Lipinski definition) is 1. The molecule has 5 aromatic rings. The number of nitrogens with one attached hydrogen (secondary N) is 1. The number of anilines is 1. The largest absolute Gasteiger partial charge is 0.497 e. The van der Waals surface area contributed by atoms with E-state index in [4.69, 9.17) is 9.84 Å².